The molecule has 0 aliphatic heterocycles. The first-order valence-electron chi connectivity index (χ1n) is 8.66. The highest BCUT2D eigenvalue weighted by Gasteiger charge is 2.31. The van der Waals surface area contributed by atoms with E-state index < -0.39 is 16.7 Å². The highest BCUT2D eigenvalue weighted by Crippen LogP contribution is 2.38. The van der Waals surface area contributed by atoms with Crippen molar-refractivity contribution in [3.05, 3.63) is 29.0 Å². The molecule has 27 heavy (non-hydrogen) atoms. The number of hydrogen-bond donors (Lipinski definition) is 2. The molecule has 0 atom stereocenters. The smallest absolute Gasteiger partial charge is 0.280 e. The number of aromatic nitrogens is 4. The van der Waals surface area contributed by atoms with Crippen LogP contribution >= 0.6 is 0 Å². The van der Waals surface area contributed by atoms with E-state index in [0.717, 1.165) is 0 Å². The lowest BCUT2D eigenvalue weighted by molar-refractivity contribution is -0.0375. The second-order valence-electron chi connectivity index (χ2n) is 8.60. The minimum atomic E-state index is -0.670. The summed E-state index contributed by atoms with van der Waals surface area (Å²) in [5, 5.41) is 20.8. The van der Waals surface area contributed by atoms with Gasteiger partial charge in [-0.15, -0.1) is 0 Å². The summed E-state index contributed by atoms with van der Waals surface area (Å²) < 4.78 is 0. The summed E-state index contributed by atoms with van der Waals surface area (Å²) in [5.41, 5.74) is 0.304. The third-order valence-electron chi connectivity index (χ3n) is 3.95. The van der Waals surface area contributed by atoms with Gasteiger partial charge in [0.05, 0.1) is 17.0 Å². The lowest BCUT2D eigenvalue weighted by atomic mass is 9.85. The van der Waals surface area contributed by atoms with Gasteiger partial charge in [-0.2, -0.15) is 0 Å². The Balaban J connectivity index is 2.88. The van der Waals surface area contributed by atoms with Crippen LogP contribution in [0.3, 0.4) is 0 Å². The molecule has 0 aliphatic rings. The normalized spacial score (nSPS) is 12.2. The van der Waals surface area contributed by atoms with Gasteiger partial charge in [-0.3, -0.25) is 10.0 Å². The summed E-state index contributed by atoms with van der Waals surface area (Å²) in [6.45, 7) is 13.3. The molecule has 0 spiro atoms. The van der Waals surface area contributed by atoms with Gasteiger partial charge in [0.2, 0.25) is 0 Å². The van der Waals surface area contributed by atoms with E-state index in [0.29, 0.717) is 22.3 Å². The Morgan fingerprint density at radius 2 is 1.48 bits per heavy atom. The molecule has 2 N–H and O–H groups in total. The van der Waals surface area contributed by atoms with Crippen LogP contribution in [-0.4, -0.2) is 48.3 Å². The molecule has 0 saturated heterocycles. The van der Waals surface area contributed by atoms with Gasteiger partial charge in [-0.1, -0.05) is 41.5 Å². The quantitative estimate of drug-likeness (QED) is 0.614. The number of aromatic hydroxyl groups is 1. The lowest BCUT2D eigenvalue weighted by Crippen LogP contribution is -2.25. The highest BCUT2D eigenvalue weighted by molar-refractivity contribution is 5.98. The van der Waals surface area contributed by atoms with Crippen LogP contribution in [0.5, 0.6) is 5.75 Å². The van der Waals surface area contributed by atoms with Crippen molar-refractivity contribution in [3.8, 4) is 17.3 Å². The predicted octanol–water partition coefficient (Wildman–Crippen LogP) is 3.00. The SMILES string of the molecule is Cc1ncc(C(=O)N(C)O)c(-c2nc(C(C)(C)C)c(O)c(C(C)(C)C)n2)n1. The van der Waals surface area contributed by atoms with Crippen molar-refractivity contribution in [1.82, 2.24) is 25.0 Å². The van der Waals surface area contributed by atoms with E-state index in [1.54, 1.807) is 6.92 Å². The van der Waals surface area contributed by atoms with Crippen LogP contribution in [-0.2, 0) is 10.8 Å². The lowest BCUT2D eigenvalue weighted by Gasteiger charge is -2.26. The Labute approximate surface area is 159 Å². The van der Waals surface area contributed by atoms with E-state index in [1.165, 1.54) is 13.2 Å². The minimum absolute atomic E-state index is 0.0386. The molecule has 0 bridgehead atoms. The number of carbonyl (C=O) groups is 1. The molecule has 2 rings (SSSR count). The Bertz CT molecular complexity index is 845. The maximum Gasteiger partial charge on any atom is 0.280 e. The standard InChI is InChI=1S/C19H27N5O3/c1-10-20-9-11(17(26)24(8)27)12(21-10)16-22-14(18(2,3)4)13(25)15(23-16)19(5,6)7/h9,25,27H,1-8H3. The Hall–Kier alpha value is -2.61. The first-order chi connectivity index (χ1) is 12.2. The van der Waals surface area contributed by atoms with Gasteiger partial charge in [-0.05, 0) is 6.92 Å². The number of carbonyl (C=O) groups excluding carboxylic acids is 1. The van der Waals surface area contributed by atoms with Crippen molar-refractivity contribution >= 4 is 5.91 Å². The zero-order valence-electron chi connectivity index (χ0n) is 17.1. The van der Waals surface area contributed by atoms with Gasteiger partial charge >= 0.3 is 0 Å². The van der Waals surface area contributed by atoms with Crippen molar-refractivity contribution in [3.63, 3.8) is 0 Å². The number of amides is 1. The maximum absolute atomic E-state index is 12.4. The molecule has 0 aromatic carbocycles. The number of rotatable bonds is 2. The second-order valence-corrected chi connectivity index (χ2v) is 8.60. The number of aryl methyl sites for hydroxylation is 1. The molecule has 2 aromatic heterocycles. The van der Waals surface area contributed by atoms with Crippen LogP contribution in [0.15, 0.2) is 6.20 Å². The first-order valence-corrected chi connectivity index (χ1v) is 8.66. The number of nitrogens with zero attached hydrogens (tertiary/aromatic N) is 5. The van der Waals surface area contributed by atoms with Crippen molar-refractivity contribution in [2.75, 3.05) is 7.05 Å². The third-order valence-corrected chi connectivity index (χ3v) is 3.95. The van der Waals surface area contributed by atoms with Crippen LogP contribution in [0.25, 0.3) is 11.5 Å². The van der Waals surface area contributed by atoms with Gasteiger partial charge < -0.3 is 5.11 Å². The predicted molar refractivity (Wildman–Crippen MR) is 101 cm³/mol. The fourth-order valence-electron chi connectivity index (χ4n) is 2.58. The fourth-order valence-corrected chi connectivity index (χ4v) is 2.58. The average Bonchev–Trinajstić information content (AvgIpc) is 2.52. The molecule has 0 aliphatic carbocycles. The van der Waals surface area contributed by atoms with Crippen LogP contribution in [0.1, 0.15) is 69.1 Å². The molecule has 0 unspecified atom stereocenters. The van der Waals surface area contributed by atoms with E-state index in [1.807, 2.05) is 41.5 Å². The van der Waals surface area contributed by atoms with Gasteiger partial charge in [0.1, 0.15) is 11.5 Å². The Kier molecular flexibility index (Phi) is 5.25. The van der Waals surface area contributed by atoms with Gasteiger partial charge in [-0.25, -0.2) is 25.0 Å². The molecule has 146 valence electrons. The van der Waals surface area contributed by atoms with E-state index in [4.69, 9.17) is 0 Å². The molecular formula is C19H27N5O3. The molecule has 2 heterocycles. The third kappa shape index (κ3) is 4.21. The summed E-state index contributed by atoms with van der Waals surface area (Å²) in [4.78, 5) is 29.8. The number of hydrogen-bond acceptors (Lipinski definition) is 7. The molecule has 8 nitrogen and oxygen atoms in total. The Morgan fingerprint density at radius 1 is 1.00 bits per heavy atom. The van der Waals surface area contributed by atoms with Crippen LogP contribution in [0.4, 0.5) is 0 Å². The van der Waals surface area contributed by atoms with Crippen molar-refractivity contribution in [1.29, 1.82) is 0 Å². The average molecular weight is 373 g/mol. The van der Waals surface area contributed by atoms with Crippen molar-refractivity contribution < 1.29 is 15.1 Å². The molecule has 2 aromatic rings. The monoisotopic (exact) mass is 373 g/mol. The van der Waals surface area contributed by atoms with Crippen molar-refractivity contribution in [2.45, 2.75) is 59.3 Å². The fraction of sp³-hybridized carbons (Fsp3) is 0.526. The van der Waals surface area contributed by atoms with Crippen LogP contribution in [0, 0.1) is 6.92 Å². The summed E-state index contributed by atoms with van der Waals surface area (Å²) in [6, 6.07) is 0. The highest BCUT2D eigenvalue weighted by atomic mass is 16.5. The first kappa shape index (κ1) is 20.7. The topological polar surface area (TPSA) is 112 Å². The minimum Gasteiger partial charge on any atom is -0.504 e. The summed E-state index contributed by atoms with van der Waals surface area (Å²) in [6.07, 6.45) is 1.34. The maximum atomic E-state index is 12.4. The van der Waals surface area contributed by atoms with Crippen molar-refractivity contribution in [2.24, 2.45) is 0 Å². The molecular weight excluding hydrogens is 346 g/mol. The largest absolute Gasteiger partial charge is 0.504 e. The Morgan fingerprint density at radius 3 is 1.89 bits per heavy atom. The zero-order valence-corrected chi connectivity index (χ0v) is 17.1. The molecule has 1 amide bonds. The van der Waals surface area contributed by atoms with E-state index in [9.17, 15) is 15.1 Å². The summed E-state index contributed by atoms with van der Waals surface area (Å²) in [5.74, 6) is 0.0137. The van der Waals surface area contributed by atoms with Crippen LogP contribution < -0.4 is 0 Å². The summed E-state index contributed by atoms with van der Waals surface area (Å²) in [7, 11) is 1.23. The molecule has 8 heteroatoms. The molecule has 0 saturated carbocycles. The molecule has 0 radical (unpaired) electrons. The second kappa shape index (κ2) is 6.84. The molecule has 0 fully saturated rings. The van der Waals surface area contributed by atoms with Gasteiger partial charge in [0.15, 0.2) is 11.6 Å². The van der Waals surface area contributed by atoms with Gasteiger partial charge in [0, 0.05) is 24.1 Å². The van der Waals surface area contributed by atoms with E-state index in [-0.39, 0.29) is 22.8 Å². The van der Waals surface area contributed by atoms with Gasteiger partial charge in [0.25, 0.3) is 5.91 Å². The van der Waals surface area contributed by atoms with E-state index in [2.05, 4.69) is 19.9 Å². The van der Waals surface area contributed by atoms with Crippen LogP contribution in [0.2, 0.25) is 0 Å². The zero-order chi connectivity index (χ0) is 20.7. The van der Waals surface area contributed by atoms with E-state index >= 15 is 0 Å². The summed E-state index contributed by atoms with van der Waals surface area (Å²) >= 11 is 0. The number of hydroxylamine groups is 2.